The molecule has 1 atom stereocenters. The van der Waals surface area contributed by atoms with E-state index in [4.69, 9.17) is 14.2 Å². The summed E-state index contributed by atoms with van der Waals surface area (Å²) in [6, 6.07) is 9.75. The van der Waals surface area contributed by atoms with Gasteiger partial charge in [0.1, 0.15) is 0 Å². The van der Waals surface area contributed by atoms with Crippen molar-refractivity contribution in [2.24, 2.45) is 5.92 Å². The monoisotopic (exact) mass is 488 g/mol. The number of methoxy groups -OCH3 is 1. The first kappa shape index (κ1) is 26.0. The predicted octanol–water partition coefficient (Wildman–Crippen LogP) is 4.70. The van der Waals surface area contributed by atoms with Crippen molar-refractivity contribution in [1.82, 2.24) is 9.80 Å². The van der Waals surface area contributed by atoms with Crippen LogP contribution in [0.15, 0.2) is 35.7 Å². The first-order valence-corrected chi connectivity index (χ1v) is 12.9. The Hall–Kier alpha value is -2.58. The van der Waals surface area contributed by atoms with E-state index in [2.05, 4.69) is 6.92 Å². The van der Waals surface area contributed by atoms with Crippen molar-refractivity contribution < 1.29 is 23.8 Å². The number of carbonyl (C=O) groups excluding carboxylic acids is 2. The van der Waals surface area contributed by atoms with Gasteiger partial charge >= 0.3 is 0 Å². The van der Waals surface area contributed by atoms with E-state index in [0.29, 0.717) is 37.7 Å². The van der Waals surface area contributed by atoms with Gasteiger partial charge in [-0.2, -0.15) is 0 Å². The summed E-state index contributed by atoms with van der Waals surface area (Å²) in [7, 11) is 1.61. The molecule has 0 spiro atoms. The van der Waals surface area contributed by atoms with E-state index in [-0.39, 0.29) is 31.1 Å². The van der Waals surface area contributed by atoms with Gasteiger partial charge in [0, 0.05) is 31.0 Å². The normalized spacial score (nSPS) is 13.0. The van der Waals surface area contributed by atoms with Crippen LogP contribution in [0.4, 0.5) is 0 Å². The smallest absolute Gasteiger partial charge is 0.242 e. The molecule has 2 heterocycles. The SMILES string of the molecule is CCCCC(CC)C(=O)N(CCOC)CC(=O)N(Cc1ccc2c(c1)OCO2)Cc1cccs1. The maximum absolute atomic E-state index is 13.6. The third-order valence-electron chi connectivity index (χ3n) is 6.04. The third-order valence-corrected chi connectivity index (χ3v) is 6.90. The van der Waals surface area contributed by atoms with E-state index in [1.54, 1.807) is 23.3 Å². The minimum Gasteiger partial charge on any atom is -0.454 e. The van der Waals surface area contributed by atoms with E-state index >= 15 is 0 Å². The summed E-state index contributed by atoms with van der Waals surface area (Å²) in [6.07, 6.45) is 3.67. The zero-order valence-electron chi connectivity index (χ0n) is 20.5. The quantitative estimate of drug-likeness (QED) is 0.386. The average Bonchev–Trinajstić information content (AvgIpc) is 3.53. The molecule has 3 rings (SSSR count). The molecule has 8 heteroatoms. The van der Waals surface area contributed by atoms with Crippen LogP contribution >= 0.6 is 11.3 Å². The Labute approximate surface area is 206 Å². The Morgan fingerprint density at radius 1 is 1.12 bits per heavy atom. The summed E-state index contributed by atoms with van der Waals surface area (Å²) in [5, 5.41) is 2.01. The van der Waals surface area contributed by atoms with Crippen LogP contribution in [0.25, 0.3) is 0 Å². The van der Waals surface area contributed by atoms with Crippen LogP contribution in [0, 0.1) is 5.92 Å². The summed E-state index contributed by atoms with van der Waals surface area (Å²) in [4.78, 5) is 31.5. The van der Waals surface area contributed by atoms with Crippen LogP contribution in [0.3, 0.4) is 0 Å². The molecule has 0 saturated carbocycles. The van der Waals surface area contributed by atoms with Crippen molar-refractivity contribution in [3.8, 4) is 11.5 Å². The van der Waals surface area contributed by atoms with Crippen molar-refractivity contribution in [2.75, 3.05) is 33.6 Å². The number of ether oxygens (including phenoxy) is 3. The highest BCUT2D eigenvalue weighted by molar-refractivity contribution is 7.09. The number of fused-ring (bicyclic) bond motifs is 1. The van der Waals surface area contributed by atoms with Gasteiger partial charge in [-0.05, 0) is 42.0 Å². The molecular formula is C26H36N2O5S. The summed E-state index contributed by atoms with van der Waals surface area (Å²) < 4.78 is 16.2. The van der Waals surface area contributed by atoms with Gasteiger partial charge in [0.05, 0.1) is 19.7 Å². The fourth-order valence-corrected chi connectivity index (χ4v) is 4.74. The summed E-state index contributed by atoms with van der Waals surface area (Å²) in [6.45, 7) is 6.14. The number of nitrogens with zero attached hydrogens (tertiary/aromatic N) is 2. The molecule has 1 aromatic heterocycles. The molecule has 0 bridgehead atoms. The fourth-order valence-electron chi connectivity index (χ4n) is 4.03. The highest BCUT2D eigenvalue weighted by atomic mass is 32.1. The summed E-state index contributed by atoms with van der Waals surface area (Å²) >= 11 is 1.62. The van der Waals surface area contributed by atoms with Crippen LogP contribution in [-0.4, -0.2) is 55.2 Å². The Kier molecular flexibility index (Phi) is 10.2. The Morgan fingerprint density at radius 3 is 2.65 bits per heavy atom. The van der Waals surface area contributed by atoms with Gasteiger partial charge in [0.2, 0.25) is 18.6 Å². The van der Waals surface area contributed by atoms with Crippen molar-refractivity contribution in [3.63, 3.8) is 0 Å². The lowest BCUT2D eigenvalue weighted by atomic mass is 9.97. The van der Waals surface area contributed by atoms with Gasteiger partial charge in [-0.25, -0.2) is 0 Å². The zero-order valence-corrected chi connectivity index (χ0v) is 21.3. The molecule has 2 aromatic rings. The molecule has 0 saturated heterocycles. The molecule has 0 aliphatic carbocycles. The second kappa shape index (κ2) is 13.3. The summed E-state index contributed by atoms with van der Waals surface area (Å²) in [5.74, 6) is 1.30. The summed E-state index contributed by atoms with van der Waals surface area (Å²) in [5.41, 5.74) is 0.957. The Balaban J connectivity index is 1.76. The largest absolute Gasteiger partial charge is 0.454 e. The van der Waals surface area contributed by atoms with Crippen LogP contribution in [-0.2, 0) is 27.4 Å². The van der Waals surface area contributed by atoms with Gasteiger partial charge in [-0.1, -0.05) is 38.8 Å². The number of rotatable bonds is 14. The minimum atomic E-state index is -0.0825. The first-order valence-electron chi connectivity index (χ1n) is 12.0. The van der Waals surface area contributed by atoms with Crippen molar-refractivity contribution in [3.05, 3.63) is 46.2 Å². The predicted molar refractivity (Wildman–Crippen MR) is 133 cm³/mol. The second-order valence-electron chi connectivity index (χ2n) is 8.52. The van der Waals surface area contributed by atoms with Crippen LogP contribution < -0.4 is 9.47 Å². The standard InChI is InChI=1S/C26H36N2O5S/c1-4-6-8-21(5-2)26(30)27(12-13-31-3)18-25(29)28(17-22-9-7-14-34-22)16-20-10-11-23-24(15-20)33-19-32-23/h7,9-11,14-15,21H,4-6,8,12-13,16-19H2,1-3H3. The second-order valence-corrected chi connectivity index (χ2v) is 9.55. The third kappa shape index (κ3) is 7.21. The van der Waals surface area contributed by atoms with Gasteiger partial charge in [-0.3, -0.25) is 9.59 Å². The van der Waals surface area contributed by atoms with Gasteiger partial charge < -0.3 is 24.0 Å². The van der Waals surface area contributed by atoms with Crippen molar-refractivity contribution in [1.29, 1.82) is 0 Å². The van der Waals surface area contributed by atoms with E-state index in [9.17, 15) is 9.59 Å². The number of hydrogen-bond acceptors (Lipinski definition) is 6. The zero-order chi connectivity index (χ0) is 24.3. The molecule has 0 radical (unpaired) electrons. The number of carbonyl (C=O) groups is 2. The average molecular weight is 489 g/mol. The fraction of sp³-hybridized carbons (Fsp3) is 0.538. The van der Waals surface area contributed by atoms with Gasteiger partial charge in [0.25, 0.3) is 0 Å². The molecule has 1 aliphatic heterocycles. The van der Waals surface area contributed by atoms with E-state index < -0.39 is 0 Å². The first-order chi connectivity index (χ1) is 16.5. The molecule has 7 nitrogen and oxygen atoms in total. The molecule has 1 unspecified atom stereocenters. The molecule has 0 fully saturated rings. The lowest BCUT2D eigenvalue weighted by Gasteiger charge is -2.30. The van der Waals surface area contributed by atoms with Crippen molar-refractivity contribution >= 4 is 23.2 Å². The maximum atomic E-state index is 13.6. The van der Waals surface area contributed by atoms with Gasteiger partial charge in [-0.15, -0.1) is 11.3 Å². The molecule has 0 N–H and O–H groups in total. The highest BCUT2D eigenvalue weighted by Crippen LogP contribution is 2.33. The van der Waals surface area contributed by atoms with Crippen molar-refractivity contribution in [2.45, 2.75) is 52.6 Å². The van der Waals surface area contributed by atoms with Crippen LogP contribution in [0.1, 0.15) is 50.0 Å². The van der Waals surface area contributed by atoms with E-state index in [0.717, 1.165) is 36.1 Å². The van der Waals surface area contributed by atoms with Crippen LogP contribution in [0.5, 0.6) is 11.5 Å². The number of thiophene rings is 1. The Bertz CT molecular complexity index is 918. The molecule has 1 aromatic carbocycles. The lowest BCUT2D eigenvalue weighted by Crippen LogP contribution is -2.45. The number of benzene rings is 1. The topological polar surface area (TPSA) is 68.3 Å². The number of amides is 2. The molecule has 1 aliphatic rings. The lowest BCUT2D eigenvalue weighted by molar-refractivity contribution is -0.144. The number of hydrogen-bond donors (Lipinski definition) is 0. The number of unbranched alkanes of at least 4 members (excludes halogenated alkanes) is 1. The molecule has 34 heavy (non-hydrogen) atoms. The molecule has 186 valence electrons. The van der Waals surface area contributed by atoms with E-state index in [1.165, 1.54) is 0 Å². The van der Waals surface area contributed by atoms with Crippen LogP contribution in [0.2, 0.25) is 0 Å². The Morgan fingerprint density at radius 2 is 1.94 bits per heavy atom. The molecular weight excluding hydrogens is 452 g/mol. The van der Waals surface area contributed by atoms with E-state index in [1.807, 2.05) is 47.5 Å². The minimum absolute atomic E-state index is 0.0421. The van der Waals surface area contributed by atoms with Gasteiger partial charge in [0.15, 0.2) is 11.5 Å². The highest BCUT2D eigenvalue weighted by Gasteiger charge is 2.27. The maximum Gasteiger partial charge on any atom is 0.242 e. The molecule has 2 amide bonds.